The molecule has 1 saturated heterocycles. The Labute approximate surface area is 291 Å². The quantitative estimate of drug-likeness (QED) is 0.118. The third-order valence-electron chi connectivity index (χ3n) is 8.44. The Kier molecular flexibility index (Phi) is 11.5. The number of aromatic nitrogens is 2. The van der Waals surface area contributed by atoms with Crippen LogP contribution in [0.5, 0.6) is 0 Å². The predicted octanol–water partition coefficient (Wildman–Crippen LogP) is 8.35. The van der Waals surface area contributed by atoms with Gasteiger partial charge in [-0.1, -0.05) is 145 Å². The lowest BCUT2D eigenvalue weighted by molar-refractivity contribution is -0.254. The summed E-state index contributed by atoms with van der Waals surface area (Å²) in [5.74, 6) is 0. The van der Waals surface area contributed by atoms with E-state index >= 15 is 0 Å². The molecule has 0 aliphatic carbocycles. The van der Waals surface area contributed by atoms with Gasteiger partial charge in [0.15, 0.2) is 5.16 Å². The Bertz CT molecular complexity index is 1810. The Hall–Kier alpha value is -4.28. The number of aromatic amines is 1. The largest absolute Gasteiger partial charge is 0.374 e. The molecule has 1 N–H and O–H groups in total. The van der Waals surface area contributed by atoms with Gasteiger partial charge in [0.2, 0.25) is 0 Å². The molecule has 0 bridgehead atoms. The normalized spacial score (nSPS) is 20.8. The molecule has 0 saturated carbocycles. The maximum absolute atomic E-state index is 6.96. The molecule has 49 heavy (non-hydrogen) atoms. The molecule has 250 valence electrons. The van der Waals surface area contributed by atoms with Crippen LogP contribution in [0.1, 0.15) is 22.3 Å². The fourth-order valence-corrected chi connectivity index (χ4v) is 7.04. The van der Waals surface area contributed by atoms with E-state index in [-0.39, 0.29) is 0 Å². The Balaban J connectivity index is 1.21. The SMILES string of the molecule is c1ccc(COC[C@H]2O[C@@H](Sc3nc4ccccc4[nH]3)[C@H](OCc3ccccc3)[C@@H](OCc3ccccc3)[C@@H]2OCc2ccccc2)cc1. The molecule has 0 radical (unpaired) electrons. The summed E-state index contributed by atoms with van der Waals surface area (Å²) in [7, 11) is 0. The van der Waals surface area contributed by atoms with Gasteiger partial charge in [-0.3, -0.25) is 0 Å². The molecule has 5 aromatic carbocycles. The van der Waals surface area contributed by atoms with E-state index in [0.29, 0.717) is 33.0 Å². The highest BCUT2D eigenvalue weighted by atomic mass is 32.2. The maximum Gasteiger partial charge on any atom is 0.168 e. The Morgan fingerprint density at radius 3 is 1.55 bits per heavy atom. The topological polar surface area (TPSA) is 74.8 Å². The summed E-state index contributed by atoms with van der Waals surface area (Å²) in [6, 6.07) is 48.7. The van der Waals surface area contributed by atoms with Crippen molar-refractivity contribution in [1.29, 1.82) is 0 Å². The van der Waals surface area contributed by atoms with Crippen molar-refractivity contribution in [1.82, 2.24) is 9.97 Å². The number of benzene rings is 5. The van der Waals surface area contributed by atoms with E-state index in [1.54, 1.807) is 0 Å². The van der Waals surface area contributed by atoms with Gasteiger partial charge < -0.3 is 28.7 Å². The number of nitrogens with one attached hydrogen (secondary N) is 1. The number of fused-ring (bicyclic) bond motifs is 1. The van der Waals surface area contributed by atoms with Crippen LogP contribution in [0, 0.1) is 0 Å². The van der Waals surface area contributed by atoms with Crippen LogP contribution in [-0.2, 0) is 50.1 Å². The van der Waals surface area contributed by atoms with Crippen LogP contribution in [0.3, 0.4) is 0 Å². The van der Waals surface area contributed by atoms with Crippen molar-refractivity contribution in [3.05, 3.63) is 168 Å². The number of H-pyrrole nitrogens is 1. The van der Waals surface area contributed by atoms with Crippen LogP contribution >= 0.6 is 11.8 Å². The number of ether oxygens (including phenoxy) is 5. The number of imidazole rings is 1. The summed E-state index contributed by atoms with van der Waals surface area (Å²) >= 11 is 1.50. The van der Waals surface area contributed by atoms with E-state index in [1.165, 1.54) is 11.8 Å². The van der Waals surface area contributed by atoms with Gasteiger partial charge in [0.1, 0.15) is 29.9 Å². The van der Waals surface area contributed by atoms with Gasteiger partial charge in [0.25, 0.3) is 0 Å². The fourth-order valence-electron chi connectivity index (χ4n) is 5.94. The Morgan fingerprint density at radius 1 is 0.531 bits per heavy atom. The van der Waals surface area contributed by atoms with Gasteiger partial charge >= 0.3 is 0 Å². The standard InChI is InChI=1S/C41H40N2O5S/c1-5-15-30(16-6-1)25-44-29-36-37(45-26-31-17-7-2-8-18-31)38(46-27-32-19-9-3-10-20-32)39(47-28-33-21-11-4-12-22-33)40(48-36)49-41-42-34-23-13-14-24-35(34)43-41/h1-24,36-40H,25-29H2,(H,42,43)/t36-,37-,38+,39-,40+/m1/s1. The molecule has 0 spiro atoms. The van der Waals surface area contributed by atoms with Gasteiger partial charge in [-0.2, -0.15) is 0 Å². The lowest BCUT2D eigenvalue weighted by Crippen LogP contribution is -2.60. The number of nitrogens with zero attached hydrogens (tertiary/aromatic N) is 1. The number of thioether (sulfide) groups is 1. The Morgan fingerprint density at radius 2 is 1.00 bits per heavy atom. The first-order valence-electron chi connectivity index (χ1n) is 16.6. The molecule has 1 aliphatic heterocycles. The zero-order chi connectivity index (χ0) is 33.1. The molecular weight excluding hydrogens is 633 g/mol. The molecule has 0 unspecified atom stereocenters. The lowest BCUT2D eigenvalue weighted by atomic mass is 9.98. The van der Waals surface area contributed by atoms with Gasteiger partial charge in [-0.15, -0.1) is 0 Å². The van der Waals surface area contributed by atoms with Crippen molar-refractivity contribution in [2.75, 3.05) is 6.61 Å². The van der Waals surface area contributed by atoms with Crippen LogP contribution in [0.15, 0.2) is 151 Å². The van der Waals surface area contributed by atoms with Crippen molar-refractivity contribution in [2.24, 2.45) is 0 Å². The predicted molar refractivity (Wildman–Crippen MR) is 192 cm³/mol. The second-order valence-corrected chi connectivity index (χ2v) is 13.1. The molecule has 7 nitrogen and oxygen atoms in total. The lowest BCUT2D eigenvalue weighted by Gasteiger charge is -2.45. The van der Waals surface area contributed by atoms with Crippen molar-refractivity contribution in [3.8, 4) is 0 Å². The molecule has 8 heteroatoms. The van der Waals surface area contributed by atoms with Crippen molar-refractivity contribution in [2.45, 2.75) is 61.4 Å². The summed E-state index contributed by atoms with van der Waals surface area (Å²) in [5, 5.41) is 0.744. The summed E-state index contributed by atoms with van der Waals surface area (Å²) in [6.45, 7) is 1.93. The zero-order valence-corrected chi connectivity index (χ0v) is 28.0. The highest BCUT2D eigenvalue weighted by molar-refractivity contribution is 7.99. The summed E-state index contributed by atoms with van der Waals surface area (Å²) in [6.07, 6.45) is -1.94. The van der Waals surface area contributed by atoms with E-state index in [0.717, 1.165) is 38.4 Å². The minimum atomic E-state index is -0.506. The summed E-state index contributed by atoms with van der Waals surface area (Å²) < 4.78 is 33.7. The fraction of sp³-hybridized carbons (Fsp3) is 0.244. The van der Waals surface area contributed by atoms with Crippen LogP contribution < -0.4 is 0 Å². The van der Waals surface area contributed by atoms with Crippen molar-refractivity contribution in [3.63, 3.8) is 0 Å². The molecule has 2 heterocycles. The summed E-state index contributed by atoms with van der Waals surface area (Å²) in [5.41, 5.74) is 5.66. The van der Waals surface area contributed by atoms with Crippen LogP contribution in [0.25, 0.3) is 11.0 Å². The van der Waals surface area contributed by atoms with Crippen molar-refractivity contribution < 1.29 is 23.7 Å². The van der Waals surface area contributed by atoms with Crippen LogP contribution in [-0.4, -0.2) is 46.4 Å². The summed E-state index contributed by atoms with van der Waals surface area (Å²) in [4.78, 5) is 8.33. The highest BCUT2D eigenvalue weighted by Gasteiger charge is 2.49. The van der Waals surface area contributed by atoms with E-state index in [4.69, 9.17) is 28.7 Å². The minimum absolute atomic E-state index is 0.308. The molecule has 1 aliphatic rings. The number of hydrogen-bond acceptors (Lipinski definition) is 7. The van der Waals surface area contributed by atoms with E-state index in [2.05, 4.69) is 53.5 Å². The minimum Gasteiger partial charge on any atom is -0.374 e. The molecule has 6 aromatic rings. The molecule has 1 fully saturated rings. The number of rotatable bonds is 15. The second kappa shape index (κ2) is 16.9. The van der Waals surface area contributed by atoms with Gasteiger partial charge in [0.05, 0.1) is 44.1 Å². The molecule has 7 rings (SSSR count). The van der Waals surface area contributed by atoms with Gasteiger partial charge in [-0.05, 0) is 34.4 Å². The maximum atomic E-state index is 6.96. The van der Waals surface area contributed by atoms with Gasteiger partial charge in [-0.25, -0.2) is 4.98 Å². The van der Waals surface area contributed by atoms with Crippen LogP contribution in [0.2, 0.25) is 0 Å². The first-order valence-corrected chi connectivity index (χ1v) is 17.5. The zero-order valence-electron chi connectivity index (χ0n) is 27.2. The third-order valence-corrected chi connectivity index (χ3v) is 9.46. The molecule has 1 aromatic heterocycles. The van der Waals surface area contributed by atoms with E-state index in [9.17, 15) is 0 Å². The smallest absolute Gasteiger partial charge is 0.168 e. The first-order chi connectivity index (χ1) is 24.3. The highest BCUT2D eigenvalue weighted by Crippen LogP contribution is 2.38. The monoisotopic (exact) mass is 672 g/mol. The third kappa shape index (κ3) is 9.05. The molecule has 5 atom stereocenters. The second-order valence-electron chi connectivity index (χ2n) is 12.0. The van der Waals surface area contributed by atoms with E-state index < -0.39 is 29.9 Å². The average Bonchev–Trinajstić information content (AvgIpc) is 3.57. The van der Waals surface area contributed by atoms with Crippen LogP contribution in [0.4, 0.5) is 0 Å². The van der Waals surface area contributed by atoms with Gasteiger partial charge in [0, 0.05) is 0 Å². The average molecular weight is 673 g/mol. The first kappa shape index (κ1) is 33.2. The molecule has 0 amide bonds. The van der Waals surface area contributed by atoms with Crippen molar-refractivity contribution >= 4 is 22.8 Å². The number of hydrogen-bond donors (Lipinski definition) is 1. The van der Waals surface area contributed by atoms with E-state index in [1.807, 2.05) is 97.1 Å². The number of para-hydroxylation sites is 2. The molecular formula is C41H40N2O5S.